The van der Waals surface area contributed by atoms with E-state index >= 15 is 0 Å². The van der Waals surface area contributed by atoms with Crippen LogP contribution in [0.25, 0.3) is 0 Å². The van der Waals surface area contributed by atoms with Gasteiger partial charge in [-0.1, -0.05) is 19.8 Å². The zero-order valence-corrected chi connectivity index (χ0v) is 21.0. The standard InChI is InChI=1S/C16H16F18O5S2/c1-2-3-7(4-5-35)6-8(40(36,37)15(31,32)11(21,22)9(17,18)13(25,26)27)41(38,39)16(33,34)12(23,24)10(19,20)14(28,29)30/h7-8,35H,2-6H2,1H3. The summed E-state index contributed by atoms with van der Waals surface area (Å²) in [5.74, 6) is -35.2. The second-order valence-electron chi connectivity index (χ2n) is 8.25. The van der Waals surface area contributed by atoms with Crippen LogP contribution in [0.5, 0.6) is 0 Å². The van der Waals surface area contributed by atoms with Crippen molar-refractivity contribution in [1.82, 2.24) is 0 Å². The number of hydrogen-bond acceptors (Lipinski definition) is 5. The molecular weight excluding hydrogens is 678 g/mol. The third-order valence-corrected chi connectivity index (χ3v) is 10.6. The normalized spacial score (nSPS) is 16.8. The van der Waals surface area contributed by atoms with E-state index in [1.165, 1.54) is 0 Å². The number of aliphatic hydroxyl groups excluding tert-OH is 1. The molecule has 41 heavy (non-hydrogen) atoms. The molecule has 0 rings (SSSR count). The van der Waals surface area contributed by atoms with Gasteiger partial charge in [-0.15, -0.1) is 0 Å². The van der Waals surface area contributed by atoms with E-state index in [0.29, 0.717) is 0 Å². The van der Waals surface area contributed by atoms with Crippen molar-refractivity contribution in [2.24, 2.45) is 5.92 Å². The number of hydrogen-bond donors (Lipinski definition) is 1. The highest BCUT2D eigenvalue weighted by molar-refractivity contribution is 8.10. The Morgan fingerprint density at radius 1 is 0.537 bits per heavy atom. The van der Waals surface area contributed by atoms with Crippen LogP contribution in [0.3, 0.4) is 0 Å². The van der Waals surface area contributed by atoms with Crippen molar-refractivity contribution in [2.45, 2.75) is 83.7 Å². The maximum atomic E-state index is 14.3. The molecule has 0 fully saturated rings. The van der Waals surface area contributed by atoms with Gasteiger partial charge in [-0.25, -0.2) is 16.8 Å². The monoisotopic (exact) mass is 694 g/mol. The molecule has 0 aliphatic rings. The third kappa shape index (κ3) is 6.03. The Morgan fingerprint density at radius 2 is 0.829 bits per heavy atom. The Hall–Kier alpha value is -1.40. The molecule has 0 saturated heterocycles. The molecule has 0 saturated carbocycles. The summed E-state index contributed by atoms with van der Waals surface area (Å²) >= 11 is 0. The lowest BCUT2D eigenvalue weighted by molar-refractivity contribution is -0.382. The predicted octanol–water partition coefficient (Wildman–Crippen LogP) is 6.18. The highest BCUT2D eigenvalue weighted by Crippen LogP contribution is 2.59. The summed E-state index contributed by atoms with van der Waals surface area (Å²) in [5, 5.41) is -7.46. The fourth-order valence-electron chi connectivity index (χ4n) is 3.07. The van der Waals surface area contributed by atoms with Gasteiger partial charge in [0, 0.05) is 6.61 Å². The van der Waals surface area contributed by atoms with E-state index < -0.39 is 109 Å². The van der Waals surface area contributed by atoms with Crippen molar-refractivity contribution >= 4 is 19.7 Å². The molecule has 0 aromatic heterocycles. The quantitative estimate of drug-likeness (QED) is 0.220. The van der Waals surface area contributed by atoms with Crippen LogP contribution in [-0.2, 0) is 19.7 Å². The van der Waals surface area contributed by atoms with Crippen LogP contribution in [0.2, 0.25) is 0 Å². The maximum absolute atomic E-state index is 14.3. The van der Waals surface area contributed by atoms with Gasteiger partial charge in [0.2, 0.25) is 19.7 Å². The predicted molar refractivity (Wildman–Crippen MR) is 98.1 cm³/mol. The van der Waals surface area contributed by atoms with Crippen LogP contribution in [0.4, 0.5) is 79.0 Å². The smallest absolute Gasteiger partial charge is 0.396 e. The highest BCUT2D eigenvalue weighted by Gasteiger charge is 2.89. The van der Waals surface area contributed by atoms with Crippen LogP contribution in [0, 0.1) is 5.92 Å². The molecule has 0 aromatic rings. The number of aliphatic hydroxyl groups is 1. The average molecular weight is 694 g/mol. The molecule has 25 heteroatoms. The van der Waals surface area contributed by atoms with Crippen molar-refractivity contribution in [3.63, 3.8) is 0 Å². The molecule has 0 heterocycles. The molecule has 5 nitrogen and oxygen atoms in total. The fourth-order valence-corrected chi connectivity index (χ4v) is 7.81. The SMILES string of the molecule is CCCC(CCO)CC(S(=O)(=O)C(F)(F)C(F)(F)C(F)(F)C(F)(F)F)S(=O)(=O)C(F)(F)C(F)(F)C(F)(F)C(F)(F)F. The van der Waals surface area contributed by atoms with Gasteiger partial charge in [0.1, 0.15) is 0 Å². The summed E-state index contributed by atoms with van der Waals surface area (Å²) in [6.07, 6.45) is -20.7. The maximum Gasteiger partial charge on any atom is 0.460 e. The van der Waals surface area contributed by atoms with E-state index in [2.05, 4.69) is 0 Å². The first-order chi connectivity index (χ1) is 17.6. The Kier molecular flexibility index (Phi) is 10.9. The summed E-state index contributed by atoms with van der Waals surface area (Å²) in [6, 6.07) is 0. The van der Waals surface area contributed by atoms with Crippen molar-refractivity contribution in [3.8, 4) is 0 Å². The van der Waals surface area contributed by atoms with Crippen molar-refractivity contribution in [3.05, 3.63) is 0 Å². The van der Waals surface area contributed by atoms with E-state index in [9.17, 15) is 95.9 Å². The van der Waals surface area contributed by atoms with Gasteiger partial charge >= 0.3 is 46.6 Å². The first-order valence-electron chi connectivity index (χ1n) is 10.1. The first-order valence-corrected chi connectivity index (χ1v) is 13.2. The molecule has 0 spiro atoms. The van der Waals surface area contributed by atoms with Crippen molar-refractivity contribution in [2.75, 3.05) is 6.61 Å². The third-order valence-electron chi connectivity index (χ3n) is 5.40. The summed E-state index contributed by atoms with van der Waals surface area (Å²) in [6.45, 7) is -0.281. The van der Waals surface area contributed by atoms with Crippen LogP contribution >= 0.6 is 0 Å². The first kappa shape index (κ1) is 39.6. The van der Waals surface area contributed by atoms with Crippen molar-refractivity contribution < 1.29 is 101 Å². The lowest BCUT2D eigenvalue weighted by Gasteiger charge is -2.38. The molecule has 1 atom stereocenters. The van der Waals surface area contributed by atoms with Gasteiger partial charge < -0.3 is 5.11 Å². The van der Waals surface area contributed by atoms with Crippen molar-refractivity contribution in [1.29, 1.82) is 0 Å². The summed E-state index contributed by atoms with van der Waals surface area (Å²) in [7, 11) is -17.4. The zero-order chi connectivity index (χ0) is 33.7. The molecule has 0 aliphatic heterocycles. The fraction of sp³-hybridized carbons (Fsp3) is 1.00. The molecule has 0 aliphatic carbocycles. The Bertz CT molecular complexity index is 1040. The Balaban J connectivity index is 7.75. The minimum atomic E-state index is -8.69. The lowest BCUT2D eigenvalue weighted by atomic mass is 9.97. The molecule has 0 radical (unpaired) electrons. The van der Waals surface area contributed by atoms with E-state index in [4.69, 9.17) is 5.11 Å². The minimum absolute atomic E-state index is 0.422. The van der Waals surface area contributed by atoms with E-state index in [1.807, 2.05) is 0 Å². The van der Waals surface area contributed by atoms with Crippen LogP contribution < -0.4 is 0 Å². The van der Waals surface area contributed by atoms with Gasteiger partial charge in [0.05, 0.1) is 0 Å². The lowest BCUT2D eigenvalue weighted by Crippen LogP contribution is -2.68. The molecule has 1 unspecified atom stereocenters. The molecule has 248 valence electrons. The number of sulfone groups is 2. The second-order valence-corrected chi connectivity index (χ2v) is 12.9. The molecule has 0 amide bonds. The van der Waals surface area contributed by atoms with Crippen LogP contribution in [-0.4, -0.2) is 79.7 Å². The number of rotatable bonds is 14. The van der Waals surface area contributed by atoms with E-state index in [0.717, 1.165) is 6.92 Å². The summed E-state index contributed by atoms with van der Waals surface area (Å²) in [4.78, 5) is 0. The zero-order valence-electron chi connectivity index (χ0n) is 19.4. The van der Waals surface area contributed by atoms with Gasteiger partial charge in [0.15, 0.2) is 4.58 Å². The van der Waals surface area contributed by atoms with Gasteiger partial charge in [-0.3, -0.25) is 0 Å². The Labute approximate surface area is 217 Å². The molecular formula is C16H16F18O5S2. The number of alkyl halides is 18. The van der Waals surface area contributed by atoms with E-state index in [1.54, 1.807) is 0 Å². The summed E-state index contributed by atoms with van der Waals surface area (Å²) < 4.78 is 283. The Morgan fingerprint density at radius 3 is 1.05 bits per heavy atom. The topological polar surface area (TPSA) is 88.5 Å². The van der Waals surface area contributed by atoms with Gasteiger partial charge in [0.25, 0.3) is 0 Å². The molecule has 1 N–H and O–H groups in total. The molecule has 0 bridgehead atoms. The largest absolute Gasteiger partial charge is 0.460 e. The van der Waals surface area contributed by atoms with E-state index in [-0.39, 0.29) is 0 Å². The minimum Gasteiger partial charge on any atom is -0.396 e. The number of halogens is 18. The molecule has 0 aromatic carbocycles. The van der Waals surface area contributed by atoms with Crippen LogP contribution in [0.1, 0.15) is 32.6 Å². The average Bonchev–Trinajstić information content (AvgIpc) is 2.74. The second kappa shape index (κ2) is 11.3. The highest BCUT2D eigenvalue weighted by atomic mass is 32.3. The van der Waals surface area contributed by atoms with Crippen LogP contribution in [0.15, 0.2) is 0 Å². The van der Waals surface area contributed by atoms with Gasteiger partial charge in [-0.2, -0.15) is 79.0 Å². The summed E-state index contributed by atoms with van der Waals surface area (Å²) in [5.41, 5.74) is 0. The van der Waals surface area contributed by atoms with Gasteiger partial charge in [-0.05, 0) is 18.8 Å².